The second kappa shape index (κ2) is 6.28. The molecule has 0 saturated heterocycles. The van der Waals surface area contributed by atoms with Crippen LogP contribution in [0, 0.1) is 0 Å². The van der Waals surface area contributed by atoms with Gasteiger partial charge in [-0.1, -0.05) is 25.1 Å². The van der Waals surface area contributed by atoms with Crippen molar-refractivity contribution in [3.05, 3.63) is 47.8 Å². The van der Waals surface area contributed by atoms with Crippen LogP contribution in [0.1, 0.15) is 37.4 Å². The van der Waals surface area contributed by atoms with Crippen molar-refractivity contribution in [1.29, 1.82) is 0 Å². The molecule has 21 heavy (non-hydrogen) atoms. The van der Waals surface area contributed by atoms with Crippen LogP contribution in [-0.2, 0) is 12.6 Å². The van der Waals surface area contributed by atoms with Gasteiger partial charge in [-0.05, 0) is 19.4 Å². The number of phenolic OH excluding ortho intramolecular Hbond substituents is 1. The van der Waals surface area contributed by atoms with Crippen LogP contribution in [0.2, 0.25) is 0 Å². The molecule has 5 heteroatoms. The van der Waals surface area contributed by atoms with E-state index in [2.05, 4.69) is 10.4 Å². The van der Waals surface area contributed by atoms with Crippen molar-refractivity contribution in [1.82, 2.24) is 15.1 Å². The first-order valence-electron chi connectivity index (χ1n) is 7.17. The number of benzene rings is 1. The molecule has 1 aromatic carbocycles. The van der Waals surface area contributed by atoms with Gasteiger partial charge in [0.1, 0.15) is 11.4 Å². The summed E-state index contributed by atoms with van der Waals surface area (Å²) in [5, 5.41) is 27.9. The molecule has 0 fully saturated rings. The highest BCUT2D eigenvalue weighted by Crippen LogP contribution is 2.27. The number of phenols is 1. The zero-order valence-corrected chi connectivity index (χ0v) is 12.7. The topological polar surface area (TPSA) is 70.3 Å². The lowest BCUT2D eigenvalue weighted by atomic mass is 9.97. The number of para-hydroxylation sites is 1. The van der Waals surface area contributed by atoms with Gasteiger partial charge in [-0.2, -0.15) is 5.10 Å². The van der Waals surface area contributed by atoms with E-state index in [9.17, 15) is 10.2 Å². The molecule has 0 aliphatic heterocycles. The van der Waals surface area contributed by atoms with E-state index in [0.29, 0.717) is 6.54 Å². The average Bonchev–Trinajstić information content (AvgIpc) is 2.89. The minimum atomic E-state index is -1.01. The van der Waals surface area contributed by atoms with Gasteiger partial charge in [0, 0.05) is 37.0 Å². The lowest BCUT2D eigenvalue weighted by molar-refractivity contribution is 0.0534. The van der Waals surface area contributed by atoms with Gasteiger partial charge in [0.25, 0.3) is 0 Å². The summed E-state index contributed by atoms with van der Waals surface area (Å²) in [6.07, 6.45) is 4.30. The largest absolute Gasteiger partial charge is 0.508 e. The Bertz CT molecular complexity index is 593. The number of hydrogen-bond donors (Lipinski definition) is 3. The first-order valence-corrected chi connectivity index (χ1v) is 7.17. The first-order chi connectivity index (χ1) is 9.94. The molecule has 0 bridgehead atoms. The van der Waals surface area contributed by atoms with Gasteiger partial charge in [-0.15, -0.1) is 0 Å². The number of aryl methyl sites for hydroxylation is 1. The van der Waals surface area contributed by atoms with E-state index >= 15 is 0 Å². The SMILES string of the molecule is CCC(NCC(C)(O)c1cnn(C)c1)c1ccccc1O. The number of aliphatic hydroxyl groups is 1. The fourth-order valence-electron chi connectivity index (χ4n) is 2.38. The smallest absolute Gasteiger partial charge is 0.120 e. The highest BCUT2D eigenvalue weighted by Gasteiger charge is 2.26. The standard InChI is InChI=1S/C16H23N3O2/c1-4-14(13-7-5-6-8-15(13)20)17-11-16(2,21)12-9-18-19(3)10-12/h5-10,14,17,20-21H,4,11H2,1-3H3. The van der Waals surface area contributed by atoms with Crippen LogP contribution >= 0.6 is 0 Å². The molecule has 2 rings (SSSR count). The van der Waals surface area contributed by atoms with Gasteiger partial charge >= 0.3 is 0 Å². The van der Waals surface area contributed by atoms with Crippen molar-refractivity contribution in [3.63, 3.8) is 0 Å². The molecule has 0 radical (unpaired) electrons. The van der Waals surface area contributed by atoms with Crippen LogP contribution in [-0.4, -0.2) is 26.5 Å². The molecule has 3 N–H and O–H groups in total. The van der Waals surface area contributed by atoms with Crippen molar-refractivity contribution in [2.24, 2.45) is 7.05 Å². The number of nitrogens with zero attached hydrogens (tertiary/aromatic N) is 2. The van der Waals surface area contributed by atoms with Crippen molar-refractivity contribution in [2.45, 2.75) is 31.9 Å². The van der Waals surface area contributed by atoms with E-state index in [1.54, 1.807) is 29.9 Å². The normalized spacial score (nSPS) is 15.6. The molecule has 0 spiro atoms. The Hall–Kier alpha value is -1.85. The number of hydrogen-bond acceptors (Lipinski definition) is 4. The maximum atomic E-state index is 10.6. The van der Waals surface area contributed by atoms with Gasteiger partial charge in [0.2, 0.25) is 0 Å². The third-order valence-electron chi connectivity index (χ3n) is 3.74. The summed E-state index contributed by atoms with van der Waals surface area (Å²) in [5.41, 5.74) is 0.609. The van der Waals surface area contributed by atoms with Crippen LogP contribution in [0.25, 0.3) is 0 Å². The molecule has 2 atom stereocenters. The molecule has 5 nitrogen and oxygen atoms in total. The van der Waals surface area contributed by atoms with Crippen molar-refractivity contribution in [2.75, 3.05) is 6.54 Å². The van der Waals surface area contributed by atoms with Gasteiger partial charge in [0.05, 0.1) is 6.20 Å². The molecule has 1 aromatic heterocycles. The van der Waals surface area contributed by atoms with E-state index in [4.69, 9.17) is 0 Å². The Morgan fingerprint density at radius 1 is 1.38 bits per heavy atom. The lowest BCUT2D eigenvalue weighted by Crippen LogP contribution is -2.37. The molecule has 0 amide bonds. The predicted molar refractivity (Wildman–Crippen MR) is 81.9 cm³/mol. The number of aromatic nitrogens is 2. The van der Waals surface area contributed by atoms with E-state index in [1.165, 1.54) is 0 Å². The van der Waals surface area contributed by atoms with Gasteiger partial charge < -0.3 is 15.5 Å². The molecular weight excluding hydrogens is 266 g/mol. The van der Waals surface area contributed by atoms with Gasteiger partial charge in [-0.3, -0.25) is 4.68 Å². The second-order valence-electron chi connectivity index (χ2n) is 5.58. The molecule has 0 saturated carbocycles. The zero-order chi connectivity index (χ0) is 15.5. The van der Waals surface area contributed by atoms with E-state index in [-0.39, 0.29) is 11.8 Å². The molecule has 0 aliphatic rings. The fourth-order valence-corrected chi connectivity index (χ4v) is 2.38. The zero-order valence-electron chi connectivity index (χ0n) is 12.7. The van der Waals surface area contributed by atoms with Crippen molar-refractivity contribution in [3.8, 4) is 5.75 Å². The molecule has 2 aromatic rings. The maximum absolute atomic E-state index is 10.6. The summed E-state index contributed by atoms with van der Waals surface area (Å²) in [4.78, 5) is 0. The summed E-state index contributed by atoms with van der Waals surface area (Å²) >= 11 is 0. The van der Waals surface area contributed by atoms with Crippen LogP contribution in [0.4, 0.5) is 0 Å². The van der Waals surface area contributed by atoms with Crippen molar-refractivity contribution < 1.29 is 10.2 Å². The lowest BCUT2D eigenvalue weighted by Gasteiger charge is -2.26. The van der Waals surface area contributed by atoms with Gasteiger partial charge in [-0.25, -0.2) is 0 Å². The highest BCUT2D eigenvalue weighted by atomic mass is 16.3. The number of rotatable bonds is 6. The second-order valence-corrected chi connectivity index (χ2v) is 5.58. The summed E-state index contributed by atoms with van der Waals surface area (Å²) in [5.74, 6) is 0.276. The summed E-state index contributed by atoms with van der Waals surface area (Å²) in [6, 6.07) is 7.28. The fraction of sp³-hybridized carbons (Fsp3) is 0.438. The third-order valence-corrected chi connectivity index (χ3v) is 3.74. The average molecular weight is 289 g/mol. The minimum absolute atomic E-state index is 0.00523. The van der Waals surface area contributed by atoms with Gasteiger partial charge in [0.15, 0.2) is 0 Å². The van der Waals surface area contributed by atoms with E-state index in [1.807, 2.05) is 32.3 Å². The van der Waals surface area contributed by atoms with Crippen LogP contribution in [0.15, 0.2) is 36.7 Å². The molecular formula is C16H23N3O2. The molecule has 2 unspecified atom stereocenters. The summed E-state index contributed by atoms with van der Waals surface area (Å²) in [6.45, 7) is 4.18. The Labute approximate surface area is 125 Å². The molecule has 0 aliphatic carbocycles. The Morgan fingerprint density at radius 2 is 2.10 bits per heavy atom. The maximum Gasteiger partial charge on any atom is 0.120 e. The Kier molecular flexibility index (Phi) is 4.65. The van der Waals surface area contributed by atoms with Crippen LogP contribution in [0.3, 0.4) is 0 Å². The number of nitrogens with one attached hydrogen (secondary N) is 1. The predicted octanol–water partition coefficient (Wildman–Crippen LogP) is 2.07. The Morgan fingerprint density at radius 3 is 2.67 bits per heavy atom. The summed E-state index contributed by atoms with van der Waals surface area (Å²) in [7, 11) is 1.82. The van der Waals surface area contributed by atoms with Crippen molar-refractivity contribution >= 4 is 0 Å². The summed E-state index contributed by atoms with van der Waals surface area (Å²) < 4.78 is 1.67. The first kappa shape index (κ1) is 15.5. The van der Waals surface area contributed by atoms with Crippen LogP contribution in [0.5, 0.6) is 5.75 Å². The third kappa shape index (κ3) is 3.62. The minimum Gasteiger partial charge on any atom is -0.508 e. The Balaban J connectivity index is 2.08. The molecule has 1 heterocycles. The van der Waals surface area contributed by atoms with E-state index in [0.717, 1.165) is 17.5 Å². The van der Waals surface area contributed by atoms with E-state index < -0.39 is 5.60 Å². The van der Waals surface area contributed by atoms with Crippen LogP contribution < -0.4 is 5.32 Å². The highest BCUT2D eigenvalue weighted by molar-refractivity contribution is 5.34. The number of aromatic hydroxyl groups is 1. The molecule has 114 valence electrons. The monoisotopic (exact) mass is 289 g/mol. The quantitative estimate of drug-likeness (QED) is 0.761.